The molecule has 138 valence electrons. The molecule has 0 aliphatic heterocycles. The van der Waals surface area contributed by atoms with Gasteiger partial charge in [0, 0.05) is 17.1 Å². The molecule has 2 rings (SSSR count). The summed E-state index contributed by atoms with van der Waals surface area (Å²) in [5.74, 6) is 0.0621. The highest BCUT2D eigenvalue weighted by atomic mass is 35.5. The minimum Gasteiger partial charge on any atom is -0.496 e. The molecule has 26 heavy (non-hydrogen) atoms. The first-order valence-corrected chi connectivity index (χ1v) is 8.35. The standard InChI is InChI=1S/C19H20ClNO5/c1-13(19(23)21-11-14-6-3-4-9-17(14)24-2)26-18(22)12-25-16-8-5-7-15(20)10-16/h3-10,13H,11-12H2,1-2H3,(H,21,23)/t13-/m0/s1. The third-order valence-electron chi connectivity index (χ3n) is 3.48. The molecule has 2 aromatic carbocycles. The number of ether oxygens (including phenoxy) is 3. The van der Waals surface area contributed by atoms with Gasteiger partial charge < -0.3 is 19.5 Å². The maximum absolute atomic E-state index is 12.1. The second-order valence-corrected chi connectivity index (χ2v) is 5.84. The summed E-state index contributed by atoms with van der Waals surface area (Å²) in [6, 6.07) is 14.0. The number of nitrogens with one attached hydrogen (secondary N) is 1. The van der Waals surface area contributed by atoms with E-state index in [0.717, 1.165) is 5.56 Å². The van der Waals surface area contributed by atoms with Gasteiger partial charge in [0.15, 0.2) is 12.7 Å². The Morgan fingerprint density at radius 1 is 1.15 bits per heavy atom. The number of benzene rings is 2. The Bertz CT molecular complexity index is 765. The van der Waals surface area contributed by atoms with Crippen molar-refractivity contribution in [3.8, 4) is 11.5 Å². The minimum absolute atomic E-state index is 0.268. The van der Waals surface area contributed by atoms with Crippen LogP contribution < -0.4 is 14.8 Å². The predicted octanol–water partition coefficient (Wildman–Crippen LogP) is 2.98. The van der Waals surface area contributed by atoms with E-state index in [4.69, 9.17) is 25.8 Å². The highest BCUT2D eigenvalue weighted by molar-refractivity contribution is 6.30. The summed E-state index contributed by atoms with van der Waals surface area (Å²) in [7, 11) is 1.56. The highest BCUT2D eigenvalue weighted by Gasteiger charge is 2.18. The predicted molar refractivity (Wildman–Crippen MR) is 97.3 cm³/mol. The molecule has 0 aliphatic carbocycles. The minimum atomic E-state index is -0.944. The number of hydrogen-bond acceptors (Lipinski definition) is 5. The van der Waals surface area contributed by atoms with Gasteiger partial charge in [0.05, 0.1) is 7.11 Å². The van der Waals surface area contributed by atoms with Crippen LogP contribution in [-0.4, -0.2) is 31.7 Å². The van der Waals surface area contributed by atoms with E-state index in [1.807, 2.05) is 18.2 Å². The molecule has 0 fully saturated rings. The smallest absolute Gasteiger partial charge is 0.344 e. The van der Waals surface area contributed by atoms with Crippen LogP contribution in [0.15, 0.2) is 48.5 Å². The molecule has 7 heteroatoms. The van der Waals surface area contributed by atoms with Gasteiger partial charge in [0.1, 0.15) is 11.5 Å². The summed E-state index contributed by atoms with van der Waals surface area (Å²) in [5, 5.41) is 3.21. The summed E-state index contributed by atoms with van der Waals surface area (Å²) in [6.07, 6.45) is -0.944. The van der Waals surface area contributed by atoms with Crippen molar-refractivity contribution in [2.45, 2.75) is 19.6 Å². The van der Waals surface area contributed by atoms with Crippen molar-refractivity contribution in [2.75, 3.05) is 13.7 Å². The van der Waals surface area contributed by atoms with E-state index in [-0.39, 0.29) is 13.2 Å². The van der Waals surface area contributed by atoms with Crippen LogP contribution in [0.3, 0.4) is 0 Å². The molecule has 0 spiro atoms. The zero-order valence-corrected chi connectivity index (χ0v) is 15.3. The van der Waals surface area contributed by atoms with Crippen molar-refractivity contribution >= 4 is 23.5 Å². The van der Waals surface area contributed by atoms with Crippen molar-refractivity contribution in [1.82, 2.24) is 5.32 Å². The Kier molecular flexibility index (Phi) is 7.29. The normalized spacial score (nSPS) is 11.3. The van der Waals surface area contributed by atoms with E-state index in [1.165, 1.54) is 6.92 Å². The van der Waals surface area contributed by atoms with E-state index in [0.29, 0.717) is 16.5 Å². The van der Waals surface area contributed by atoms with Crippen molar-refractivity contribution in [3.05, 3.63) is 59.1 Å². The van der Waals surface area contributed by atoms with Crippen LogP contribution in [-0.2, 0) is 20.9 Å². The lowest BCUT2D eigenvalue weighted by molar-refractivity contribution is -0.156. The summed E-state index contributed by atoms with van der Waals surface area (Å²) < 4.78 is 15.6. The fourth-order valence-corrected chi connectivity index (χ4v) is 2.34. The van der Waals surface area contributed by atoms with Crippen molar-refractivity contribution < 1.29 is 23.8 Å². The Labute approximate surface area is 157 Å². The lowest BCUT2D eigenvalue weighted by Crippen LogP contribution is -2.36. The maximum Gasteiger partial charge on any atom is 0.344 e. The average Bonchev–Trinajstić information content (AvgIpc) is 2.64. The molecule has 0 saturated carbocycles. The third kappa shape index (κ3) is 5.97. The number of hydrogen-bond donors (Lipinski definition) is 1. The first-order valence-electron chi connectivity index (χ1n) is 7.97. The highest BCUT2D eigenvalue weighted by Crippen LogP contribution is 2.17. The van der Waals surface area contributed by atoms with Crippen LogP contribution in [0, 0.1) is 0 Å². The summed E-state index contributed by atoms with van der Waals surface area (Å²) in [6.45, 7) is 1.45. The van der Waals surface area contributed by atoms with E-state index >= 15 is 0 Å². The fraction of sp³-hybridized carbons (Fsp3) is 0.263. The molecule has 0 heterocycles. The zero-order valence-electron chi connectivity index (χ0n) is 14.5. The number of para-hydroxylation sites is 1. The summed E-state index contributed by atoms with van der Waals surface area (Å²) >= 11 is 5.83. The molecule has 0 radical (unpaired) electrons. The number of methoxy groups -OCH3 is 1. The molecule has 0 aliphatic rings. The van der Waals surface area contributed by atoms with Gasteiger partial charge in [-0.15, -0.1) is 0 Å². The van der Waals surface area contributed by atoms with E-state index in [9.17, 15) is 9.59 Å². The molecule has 1 amide bonds. The molecule has 0 saturated heterocycles. The first kappa shape index (κ1) is 19.6. The molecule has 1 atom stereocenters. The molecule has 1 N–H and O–H groups in total. The van der Waals surface area contributed by atoms with Crippen molar-refractivity contribution in [1.29, 1.82) is 0 Å². The topological polar surface area (TPSA) is 73.9 Å². The summed E-state index contributed by atoms with van der Waals surface area (Å²) in [5.41, 5.74) is 0.825. The number of carbonyl (C=O) groups excluding carboxylic acids is 2. The Morgan fingerprint density at radius 3 is 2.65 bits per heavy atom. The van der Waals surface area contributed by atoms with Gasteiger partial charge in [-0.3, -0.25) is 4.79 Å². The van der Waals surface area contributed by atoms with Crippen LogP contribution in [0.2, 0.25) is 5.02 Å². The van der Waals surface area contributed by atoms with E-state index in [1.54, 1.807) is 37.4 Å². The number of amides is 1. The second kappa shape index (κ2) is 9.68. The number of rotatable bonds is 8. The third-order valence-corrected chi connectivity index (χ3v) is 3.71. The lowest BCUT2D eigenvalue weighted by atomic mass is 10.2. The fourth-order valence-electron chi connectivity index (χ4n) is 2.16. The zero-order chi connectivity index (χ0) is 18.9. The first-order chi connectivity index (χ1) is 12.5. The van der Waals surface area contributed by atoms with Crippen LogP contribution >= 0.6 is 11.6 Å². The van der Waals surface area contributed by atoms with Gasteiger partial charge in [-0.1, -0.05) is 35.9 Å². The Hall–Kier alpha value is -2.73. The molecular weight excluding hydrogens is 358 g/mol. The van der Waals surface area contributed by atoms with Crippen molar-refractivity contribution in [3.63, 3.8) is 0 Å². The van der Waals surface area contributed by atoms with Gasteiger partial charge in [0.25, 0.3) is 5.91 Å². The number of carbonyl (C=O) groups is 2. The SMILES string of the molecule is COc1ccccc1CNC(=O)[C@H](C)OC(=O)COc1cccc(Cl)c1. The lowest BCUT2D eigenvalue weighted by Gasteiger charge is -2.15. The monoisotopic (exact) mass is 377 g/mol. The largest absolute Gasteiger partial charge is 0.496 e. The van der Waals surface area contributed by atoms with Crippen LogP contribution in [0.4, 0.5) is 0 Å². The molecule has 2 aromatic rings. The number of esters is 1. The molecular formula is C19H20ClNO5. The molecule has 0 aromatic heterocycles. The molecule has 0 bridgehead atoms. The Morgan fingerprint density at radius 2 is 1.92 bits per heavy atom. The van der Waals surface area contributed by atoms with Gasteiger partial charge in [0.2, 0.25) is 0 Å². The Balaban J connectivity index is 1.78. The number of halogens is 1. The maximum atomic E-state index is 12.1. The quantitative estimate of drug-likeness (QED) is 0.716. The van der Waals surface area contributed by atoms with Crippen LogP contribution in [0.25, 0.3) is 0 Å². The van der Waals surface area contributed by atoms with Gasteiger partial charge in [-0.05, 0) is 31.2 Å². The van der Waals surface area contributed by atoms with Gasteiger partial charge >= 0.3 is 5.97 Å². The van der Waals surface area contributed by atoms with Crippen LogP contribution in [0.1, 0.15) is 12.5 Å². The van der Waals surface area contributed by atoms with Gasteiger partial charge in [-0.25, -0.2) is 4.79 Å². The van der Waals surface area contributed by atoms with Gasteiger partial charge in [-0.2, -0.15) is 0 Å². The van der Waals surface area contributed by atoms with E-state index < -0.39 is 18.0 Å². The van der Waals surface area contributed by atoms with Crippen molar-refractivity contribution in [2.24, 2.45) is 0 Å². The average molecular weight is 378 g/mol. The second-order valence-electron chi connectivity index (χ2n) is 5.41. The summed E-state index contributed by atoms with van der Waals surface area (Å²) in [4.78, 5) is 23.9. The van der Waals surface area contributed by atoms with E-state index in [2.05, 4.69) is 5.32 Å². The van der Waals surface area contributed by atoms with Crippen LogP contribution in [0.5, 0.6) is 11.5 Å². The molecule has 0 unspecified atom stereocenters. The molecule has 6 nitrogen and oxygen atoms in total.